The lowest BCUT2D eigenvalue weighted by Gasteiger charge is -2.41. The SMILES string of the molecule is CC[C@H](C)[C@@H]([C@@H](CC(=O)N1CCC[C@H]1[C@H](OC)[C@@H](C)C(=O)N[C@@H](Cc1ccccc1)C(=O)NS(=O)(=O)c1ccc(C2(N)CC2)cc1)OC)N(C)C(=O)[C@@H](NC(=O)[C@H](C(C)C)N(C)C)C(C)C. The molecule has 16 nitrogen and oxygen atoms in total. The molecule has 2 aliphatic rings. The van der Waals surface area contributed by atoms with Crippen molar-refractivity contribution in [2.75, 3.05) is 41.9 Å². The number of benzene rings is 2. The minimum Gasteiger partial charge on any atom is -0.379 e. The van der Waals surface area contributed by atoms with Gasteiger partial charge < -0.3 is 35.6 Å². The third-order valence-electron chi connectivity index (χ3n) is 13.6. The van der Waals surface area contributed by atoms with Crippen molar-refractivity contribution in [2.45, 2.75) is 146 Å². The molecule has 66 heavy (non-hydrogen) atoms. The van der Waals surface area contributed by atoms with Gasteiger partial charge in [0.1, 0.15) is 12.1 Å². The smallest absolute Gasteiger partial charge is 0.264 e. The highest BCUT2D eigenvalue weighted by atomic mass is 32.2. The second-order valence-corrected chi connectivity index (χ2v) is 21.1. The van der Waals surface area contributed by atoms with Crippen LogP contribution in [-0.4, -0.2) is 137 Å². The van der Waals surface area contributed by atoms with E-state index in [-0.39, 0.29) is 53.2 Å². The lowest BCUT2D eigenvalue weighted by atomic mass is 9.89. The van der Waals surface area contributed by atoms with E-state index in [4.69, 9.17) is 15.2 Å². The predicted octanol–water partition coefficient (Wildman–Crippen LogP) is 3.81. The van der Waals surface area contributed by atoms with Crippen LogP contribution < -0.4 is 21.1 Å². The summed E-state index contributed by atoms with van der Waals surface area (Å²) in [6, 6.07) is 11.5. The highest BCUT2D eigenvalue weighted by molar-refractivity contribution is 7.90. The maximum absolute atomic E-state index is 14.4. The van der Waals surface area contributed by atoms with Crippen molar-refractivity contribution in [2.24, 2.45) is 29.4 Å². The molecule has 0 bridgehead atoms. The molecule has 0 aromatic heterocycles. The van der Waals surface area contributed by atoms with E-state index in [9.17, 15) is 32.4 Å². The zero-order chi connectivity index (χ0) is 49.3. The molecule has 2 aromatic rings. The summed E-state index contributed by atoms with van der Waals surface area (Å²) in [7, 11) is 4.06. The van der Waals surface area contributed by atoms with Crippen LogP contribution in [0.5, 0.6) is 0 Å². The fraction of sp³-hybridized carbons (Fsp3) is 0.653. The number of carbonyl (C=O) groups excluding carboxylic acids is 5. The van der Waals surface area contributed by atoms with Gasteiger partial charge in [0, 0.05) is 39.8 Å². The van der Waals surface area contributed by atoms with Gasteiger partial charge in [-0.25, -0.2) is 13.1 Å². The largest absolute Gasteiger partial charge is 0.379 e. The first-order valence-electron chi connectivity index (χ1n) is 23.4. The van der Waals surface area contributed by atoms with Gasteiger partial charge in [-0.3, -0.25) is 28.9 Å². The first kappa shape index (κ1) is 54.2. The Labute approximate surface area is 393 Å². The van der Waals surface area contributed by atoms with E-state index >= 15 is 0 Å². The van der Waals surface area contributed by atoms with Crippen LogP contribution in [0.25, 0.3) is 0 Å². The molecule has 0 unspecified atom stereocenters. The van der Waals surface area contributed by atoms with E-state index < -0.39 is 75.7 Å². The van der Waals surface area contributed by atoms with Crippen LogP contribution >= 0.6 is 0 Å². The number of nitrogens with two attached hydrogens (primary N) is 1. The zero-order valence-electron chi connectivity index (χ0n) is 41.2. The molecule has 4 rings (SSSR count). The van der Waals surface area contributed by atoms with E-state index in [0.717, 1.165) is 18.4 Å². The van der Waals surface area contributed by atoms with Crippen LogP contribution in [0.3, 0.4) is 0 Å². The third-order valence-corrected chi connectivity index (χ3v) is 15.0. The molecule has 0 spiro atoms. The quantitative estimate of drug-likeness (QED) is 0.119. The highest BCUT2D eigenvalue weighted by Crippen LogP contribution is 2.42. The number of rotatable bonds is 24. The number of nitrogens with one attached hydrogen (secondary N) is 3. The van der Waals surface area contributed by atoms with Gasteiger partial charge in [0.2, 0.25) is 23.6 Å². The number of carbonyl (C=O) groups is 5. The second kappa shape index (κ2) is 23.5. The molecular formula is C49H77N7O9S. The molecule has 5 amide bonds. The molecule has 0 radical (unpaired) electrons. The lowest BCUT2D eigenvalue weighted by Crippen LogP contribution is -2.59. The van der Waals surface area contributed by atoms with E-state index in [2.05, 4.69) is 15.4 Å². The summed E-state index contributed by atoms with van der Waals surface area (Å²) in [5.41, 5.74) is 7.34. The number of hydrogen-bond donors (Lipinski definition) is 4. The molecule has 1 saturated heterocycles. The molecular weight excluding hydrogens is 863 g/mol. The molecule has 368 valence electrons. The van der Waals surface area contributed by atoms with Crippen molar-refractivity contribution >= 4 is 39.6 Å². The van der Waals surface area contributed by atoms with Gasteiger partial charge in [-0.1, -0.05) is 97.4 Å². The molecule has 1 aliphatic carbocycles. The van der Waals surface area contributed by atoms with Crippen LogP contribution in [0.15, 0.2) is 59.5 Å². The number of sulfonamides is 1. The Hall–Kier alpha value is -4.42. The minimum atomic E-state index is -4.31. The zero-order valence-corrected chi connectivity index (χ0v) is 42.0. The number of methoxy groups -OCH3 is 2. The number of nitrogens with zero attached hydrogens (tertiary/aromatic N) is 3. The van der Waals surface area contributed by atoms with Crippen LogP contribution in [-0.2, 0) is 55.4 Å². The van der Waals surface area contributed by atoms with Crippen molar-refractivity contribution in [3.05, 3.63) is 65.7 Å². The summed E-state index contributed by atoms with van der Waals surface area (Å²) in [5, 5.41) is 5.83. The normalized spacial score (nSPS) is 19.6. The van der Waals surface area contributed by atoms with Gasteiger partial charge in [0.05, 0.1) is 47.6 Å². The van der Waals surface area contributed by atoms with Crippen molar-refractivity contribution in [1.29, 1.82) is 0 Å². The Balaban J connectivity index is 1.51. The second-order valence-electron chi connectivity index (χ2n) is 19.4. The lowest BCUT2D eigenvalue weighted by molar-refractivity contribution is -0.148. The minimum absolute atomic E-state index is 0.00646. The number of likely N-dealkylation sites (tertiary alicyclic amines) is 1. The highest BCUT2D eigenvalue weighted by Gasteiger charge is 2.44. The van der Waals surface area contributed by atoms with E-state index in [1.165, 1.54) is 26.4 Å². The molecule has 9 atom stereocenters. The topological polar surface area (TPSA) is 210 Å². The first-order chi connectivity index (χ1) is 31.0. The number of amides is 5. The summed E-state index contributed by atoms with van der Waals surface area (Å²) >= 11 is 0. The van der Waals surface area contributed by atoms with Crippen molar-refractivity contribution in [3.63, 3.8) is 0 Å². The number of ether oxygens (including phenoxy) is 2. The van der Waals surface area contributed by atoms with Gasteiger partial charge in [0.15, 0.2) is 0 Å². The summed E-state index contributed by atoms with van der Waals surface area (Å²) in [6.45, 7) is 13.8. The third kappa shape index (κ3) is 13.4. The van der Waals surface area contributed by atoms with Gasteiger partial charge in [-0.05, 0) is 80.8 Å². The molecule has 2 fully saturated rings. The summed E-state index contributed by atoms with van der Waals surface area (Å²) in [6.07, 6.45) is 1.95. The van der Waals surface area contributed by atoms with Crippen LogP contribution in [0.1, 0.15) is 98.1 Å². The van der Waals surface area contributed by atoms with Gasteiger partial charge in [0.25, 0.3) is 15.9 Å². The molecule has 17 heteroatoms. The van der Waals surface area contributed by atoms with Gasteiger partial charge >= 0.3 is 0 Å². The number of likely N-dealkylation sites (N-methyl/N-ethyl adjacent to an activating group) is 2. The fourth-order valence-corrected chi connectivity index (χ4v) is 10.4. The summed E-state index contributed by atoms with van der Waals surface area (Å²) < 4.78 is 41.1. The van der Waals surface area contributed by atoms with Crippen LogP contribution in [0.4, 0.5) is 0 Å². The van der Waals surface area contributed by atoms with Crippen molar-refractivity contribution < 1.29 is 41.9 Å². The van der Waals surface area contributed by atoms with Crippen molar-refractivity contribution in [3.8, 4) is 0 Å². The van der Waals surface area contributed by atoms with E-state index in [1.807, 2.05) is 66.6 Å². The molecule has 2 aromatic carbocycles. The Morgan fingerprint density at radius 2 is 1.47 bits per heavy atom. The number of hydrogen-bond acceptors (Lipinski definition) is 11. The maximum Gasteiger partial charge on any atom is 0.264 e. The van der Waals surface area contributed by atoms with E-state index in [0.29, 0.717) is 31.4 Å². The Kier molecular flexibility index (Phi) is 19.3. The Morgan fingerprint density at radius 1 is 0.848 bits per heavy atom. The standard InChI is InChI=1S/C49H77N7O9S/c1-13-32(6)43(55(10)48(61)41(30(2)3)52-47(60)42(31(4)5)54(8)9)39(64-11)29-40(57)56-27-17-20-38(56)44(65-12)33(7)45(58)51-37(28-34-18-15-14-16-19-34)46(59)53-66(62,63)36-23-21-35(22-24-36)49(50)25-26-49/h14-16,18-19,21-24,30-33,37-39,41-44H,13,17,20,25-29,50H2,1-12H3,(H,51,58)(H,52,60)(H,53,59)/t32-,33+,37-,38-,39+,41-,42-,43-,44+/m0/s1. The average molecular weight is 940 g/mol. The summed E-state index contributed by atoms with van der Waals surface area (Å²) in [5.74, 6) is -3.38. The summed E-state index contributed by atoms with van der Waals surface area (Å²) in [4.78, 5) is 75.4. The van der Waals surface area contributed by atoms with Crippen molar-refractivity contribution in [1.82, 2.24) is 30.1 Å². The Bertz CT molecular complexity index is 2060. The first-order valence-corrected chi connectivity index (χ1v) is 24.9. The van der Waals surface area contributed by atoms with Gasteiger partial charge in [-0.2, -0.15) is 0 Å². The fourth-order valence-electron chi connectivity index (χ4n) is 9.43. The predicted molar refractivity (Wildman–Crippen MR) is 254 cm³/mol. The maximum atomic E-state index is 14.4. The molecule has 5 N–H and O–H groups in total. The van der Waals surface area contributed by atoms with Crippen LogP contribution in [0.2, 0.25) is 0 Å². The van der Waals surface area contributed by atoms with E-state index in [1.54, 1.807) is 60.2 Å². The van der Waals surface area contributed by atoms with Gasteiger partial charge in [-0.15, -0.1) is 0 Å². The van der Waals surface area contributed by atoms with Crippen LogP contribution in [0, 0.1) is 23.7 Å². The average Bonchev–Trinajstić information content (AvgIpc) is 3.84. The molecule has 1 heterocycles. The molecule has 1 aliphatic heterocycles. The Morgan fingerprint density at radius 3 is 1.98 bits per heavy atom. The monoisotopic (exact) mass is 940 g/mol. The molecule has 1 saturated carbocycles.